The Hall–Kier alpha value is -3.79. The first-order chi connectivity index (χ1) is 16.2. The maximum absolute atomic E-state index is 12.9. The molecule has 3 amide bonds. The van der Waals surface area contributed by atoms with Gasteiger partial charge in [-0.2, -0.15) is 13.2 Å². The smallest absolute Gasteiger partial charge is 0.326 e. The summed E-state index contributed by atoms with van der Waals surface area (Å²) >= 11 is 1.30. The fourth-order valence-electron chi connectivity index (χ4n) is 3.32. The van der Waals surface area contributed by atoms with Crippen molar-refractivity contribution < 1.29 is 27.6 Å². The Bertz CT molecular complexity index is 1260. The molecule has 0 radical (unpaired) electrons. The van der Waals surface area contributed by atoms with Crippen LogP contribution in [0.3, 0.4) is 0 Å². The van der Waals surface area contributed by atoms with Gasteiger partial charge in [0.05, 0.1) is 16.5 Å². The number of rotatable bonds is 5. The van der Waals surface area contributed by atoms with Crippen LogP contribution in [-0.2, 0) is 15.8 Å². The van der Waals surface area contributed by atoms with Crippen LogP contribution in [0.15, 0.2) is 77.7 Å². The van der Waals surface area contributed by atoms with Crippen LogP contribution in [-0.4, -0.2) is 23.0 Å². The molecular formula is C24H18F3N3O3S. The minimum atomic E-state index is -4.53. The van der Waals surface area contributed by atoms with Crippen LogP contribution in [0.25, 0.3) is 0 Å². The zero-order valence-corrected chi connectivity index (χ0v) is 18.3. The molecule has 1 atom stereocenters. The van der Waals surface area contributed by atoms with Crippen LogP contribution in [0.4, 0.5) is 30.2 Å². The van der Waals surface area contributed by atoms with Crippen molar-refractivity contribution in [3.8, 4) is 0 Å². The highest BCUT2D eigenvalue weighted by Gasteiger charge is 2.31. The number of benzene rings is 3. The Kier molecular flexibility index (Phi) is 6.60. The second-order valence-electron chi connectivity index (χ2n) is 7.46. The molecule has 0 aliphatic carbocycles. The molecule has 0 bridgehead atoms. The molecule has 0 aromatic heterocycles. The maximum atomic E-state index is 12.9. The number of thioether (sulfide) groups is 1. The van der Waals surface area contributed by atoms with Gasteiger partial charge < -0.3 is 16.0 Å². The van der Waals surface area contributed by atoms with Crippen molar-refractivity contribution in [3.05, 3.63) is 83.9 Å². The number of amides is 3. The second-order valence-corrected chi connectivity index (χ2v) is 8.70. The standard InChI is InChI=1S/C24H18F3N3O3S/c25-24(26,27)15-6-4-8-17(12-15)29-22(32)14-5-3-7-16(11-14)28-21(31)13-20-23(33)30-18-9-1-2-10-19(18)34-20/h1-12,20H,13H2,(H,28,31)(H,29,32)(H,30,33)/t20-/m0/s1. The van der Waals surface area contributed by atoms with Crippen LogP contribution < -0.4 is 16.0 Å². The van der Waals surface area contributed by atoms with Gasteiger partial charge in [-0.3, -0.25) is 14.4 Å². The first kappa shape index (κ1) is 23.4. The van der Waals surface area contributed by atoms with E-state index in [1.165, 1.54) is 42.1 Å². The van der Waals surface area contributed by atoms with Crippen LogP contribution in [0.1, 0.15) is 22.3 Å². The SMILES string of the molecule is O=C(C[C@@H]1Sc2ccccc2NC1=O)Nc1cccc(C(=O)Nc2cccc(C(F)(F)F)c2)c1. The third kappa shape index (κ3) is 5.57. The Labute approximate surface area is 196 Å². The fraction of sp³-hybridized carbons (Fsp3) is 0.125. The molecule has 1 aliphatic heterocycles. The molecule has 0 saturated heterocycles. The first-order valence-electron chi connectivity index (χ1n) is 10.1. The third-order valence-electron chi connectivity index (χ3n) is 4.93. The number of hydrogen-bond acceptors (Lipinski definition) is 4. The summed E-state index contributed by atoms with van der Waals surface area (Å²) in [6, 6.07) is 17.6. The van der Waals surface area contributed by atoms with Gasteiger partial charge in [-0.1, -0.05) is 24.3 Å². The van der Waals surface area contributed by atoms with Crippen molar-refractivity contribution in [3.63, 3.8) is 0 Å². The van der Waals surface area contributed by atoms with Gasteiger partial charge in [0.25, 0.3) is 5.91 Å². The van der Waals surface area contributed by atoms with Crippen LogP contribution >= 0.6 is 11.8 Å². The summed E-state index contributed by atoms with van der Waals surface area (Å²) in [4.78, 5) is 38.2. The van der Waals surface area contributed by atoms with Gasteiger partial charge in [-0.05, 0) is 48.5 Å². The summed E-state index contributed by atoms with van der Waals surface area (Å²) in [7, 11) is 0. The number of fused-ring (bicyclic) bond motifs is 1. The molecule has 10 heteroatoms. The zero-order valence-electron chi connectivity index (χ0n) is 17.5. The van der Waals surface area contributed by atoms with Crippen molar-refractivity contribution in [1.29, 1.82) is 0 Å². The molecule has 3 N–H and O–H groups in total. The van der Waals surface area contributed by atoms with Crippen LogP contribution in [0.2, 0.25) is 0 Å². The lowest BCUT2D eigenvalue weighted by Gasteiger charge is -2.23. The lowest BCUT2D eigenvalue weighted by molar-refractivity contribution is -0.137. The van der Waals surface area contributed by atoms with E-state index in [0.29, 0.717) is 11.4 Å². The maximum Gasteiger partial charge on any atom is 0.416 e. The molecule has 0 fully saturated rings. The van der Waals surface area contributed by atoms with Gasteiger partial charge in [0.15, 0.2) is 0 Å². The number of carbonyl (C=O) groups excluding carboxylic acids is 3. The zero-order chi connectivity index (χ0) is 24.3. The van der Waals surface area contributed by atoms with Crippen molar-refractivity contribution in [2.75, 3.05) is 16.0 Å². The molecule has 34 heavy (non-hydrogen) atoms. The Morgan fingerprint density at radius 2 is 1.62 bits per heavy atom. The van der Waals surface area contributed by atoms with Crippen molar-refractivity contribution in [2.24, 2.45) is 0 Å². The Balaban J connectivity index is 1.39. The molecule has 3 aromatic carbocycles. The number of para-hydroxylation sites is 1. The third-order valence-corrected chi connectivity index (χ3v) is 6.21. The molecule has 4 rings (SSSR count). The molecule has 6 nitrogen and oxygen atoms in total. The number of nitrogens with one attached hydrogen (secondary N) is 3. The fourth-order valence-corrected chi connectivity index (χ4v) is 4.43. The van der Waals surface area contributed by atoms with Crippen molar-refractivity contribution in [2.45, 2.75) is 22.7 Å². The van der Waals surface area contributed by atoms with E-state index in [1.54, 1.807) is 12.1 Å². The molecule has 0 spiro atoms. The van der Waals surface area contributed by atoms with E-state index in [0.717, 1.165) is 17.0 Å². The van der Waals surface area contributed by atoms with Crippen molar-refractivity contribution >= 4 is 46.5 Å². The quantitative estimate of drug-likeness (QED) is 0.452. The number of hydrogen-bond donors (Lipinski definition) is 3. The van der Waals surface area contributed by atoms with Gasteiger partial charge in [-0.15, -0.1) is 11.8 Å². The topological polar surface area (TPSA) is 87.3 Å². The Morgan fingerprint density at radius 1 is 0.912 bits per heavy atom. The van der Waals surface area contributed by atoms with Crippen LogP contribution in [0, 0.1) is 0 Å². The highest BCUT2D eigenvalue weighted by molar-refractivity contribution is 8.01. The molecule has 174 valence electrons. The van der Waals surface area contributed by atoms with E-state index >= 15 is 0 Å². The van der Waals surface area contributed by atoms with E-state index in [1.807, 2.05) is 18.2 Å². The van der Waals surface area contributed by atoms with E-state index < -0.39 is 28.8 Å². The molecule has 1 aliphatic rings. The highest BCUT2D eigenvalue weighted by Crippen LogP contribution is 2.36. The number of anilines is 3. The van der Waals surface area contributed by atoms with E-state index in [-0.39, 0.29) is 23.6 Å². The summed E-state index contributed by atoms with van der Waals surface area (Å²) in [6.07, 6.45) is -4.61. The molecular weight excluding hydrogens is 467 g/mol. The number of halogens is 3. The lowest BCUT2D eigenvalue weighted by Crippen LogP contribution is -2.32. The van der Waals surface area contributed by atoms with E-state index in [4.69, 9.17) is 0 Å². The van der Waals surface area contributed by atoms with Gasteiger partial charge in [0.1, 0.15) is 0 Å². The lowest BCUT2D eigenvalue weighted by atomic mass is 10.1. The molecule has 0 unspecified atom stereocenters. The predicted octanol–water partition coefficient (Wildman–Crippen LogP) is 5.40. The van der Waals surface area contributed by atoms with Gasteiger partial charge in [0.2, 0.25) is 11.8 Å². The van der Waals surface area contributed by atoms with Crippen molar-refractivity contribution in [1.82, 2.24) is 0 Å². The first-order valence-corrected chi connectivity index (χ1v) is 11.0. The number of carbonyl (C=O) groups is 3. The normalized spacial score (nSPS) is 15.1. The number of alkyl halides is 3. The molecule has 3 aromatic rings. The summed E-state index contributed by atoms with van der Waals surface area (Å²) in [5, 5.41) is 7.25. The predicted molar refractivity (Wildman–Crippen MR) is 124 cm³/mol. The summed E-state index contributed by atoms with van der Waals surface area (Å²) in [6.45, 7) is 0. The second kappa shape index (κ2) is 9.60. The molecule has 1 heterocycles. The highest BCUT2D eigenvalue weighted by atomic mass is 32.2. The van der Waals surface area contributed by atoms with E-state index in [2.05, 4.69) is 16.0 Å². The largest absolute Gasteiger partial charge is 0.416 e. The van der Waals surface area contributed by atoms with Gasteiger partial charge >= 0.3 is 6.18 Å². The van der Waals surface area contributed by atoms with Crippen LogP contribution in [0.5, 0.6) is 0 Å². The van der Waals surface area contributed by atoms with Gasteiger partial charge in [0, 0.05) is 28.3 Å². The summed E-state index contributed by atoms with van der Waals surface area (Å²) < 4.78 is 38.7. The van der Waals surface area contributed by atoms with Gasteiger partial charge in [-0.25, -0.2) is 0 Å². The monoisotopic (exact) mass is 485 g/mol. The Morgan fingerprint density at radius 3 is 2.38 bits per heavy atom. The minimum Gasteiger partial charge on any atom is -0.326 e. The average molecular weight is 485 g/mol. The summed E-state index contributed by atoms with van der Waals surface area (Å²) in [5.41, 5.74) is 0.291. The summed E-state index contributed by atoms with van der Waals surface area (Å²) in [5.74, 6) is -1.32. The average Bonchev–Trinajstić information content (AvgIpc) is 2.79. The molecule has 0 saturated carbocycles. The minimum absolute atomic E-state index is 0.00474. The van der Waals surface area contributed by atoms with E-state index in [9.17, 15) is 27.6 Å².